The molecule has 0 spiro atoms. The molecule has 0 bridgehead atoms. The summed E-state index contributed by atoms with van der Waals surface area (Å²) < 4.78 is 5.73. The average molecular weight is 255 g/mol. The molecule has 1 aromatic rings. The molecule has 2 rings (SSSR count). The molecule has 1 aromatic heterocycles. The molecular formula is C13H19ClN2O. The highest BCUT2D eigenvalue weighted by Gasteiger charge is 2.16. The van der Waals surface area contributed by atoms with Gasteiger partial charge in [0.25, 0.3) is 0 Å². The summed E-state index contributed by atoms with van der Waals surface area (Å²) in [6.45, 7) is 4.85. The van der Waals surface area contributed by atoms with Gasteiger partial charge in [-0.3, -0.25) is 0 Å². The molecule has 0 aromatic carbocycles. The zero-order chi connectivity index (χ0) is 12.3. The normalized spacial score (nSPS) is 16.7. The highest BCUT2D eigenvalue weighted by atomic mass is 35.5. The van der Waals surface area contributed by atoms with Crippen molar-refractivity contribution < 1.29 is 4.74 Å². The Kier molecular flexibility index (Phi) is 4.21. The Hall–Kier alpha value is -0.830. The summed E-state index contributed by atoms with van der Waals surface area (Å²) in [4.78, 5) is 8.56. The fourth-order valence-electron chi connectivity index (χ4n) is 2.13. The van der Waals surface area contributed by atoms with Gasteiger partial charge >= 0.3 is 0 Å². The molecule has 1 heterocycles. The molecule has 1 fully saturated rings. The lowest BCUT2D eigenvalue weighted by Crippen LogP contribution is -2.10. The predicted molar refractivity (Wildman–Crippen MR) is 68.6 cm³/mol. The Bertz CT molecular complexity index is 376. The van der Waals surface area contributed by atoms with E-state index in [1.807, 2.05) is 13.8 Å². The number of hydrogen-bond donors (Lipinski definition) is 0. The summed E-state index contributed by atoms with van der Waals surface area (Å²) in [7, 11) is 0. The van der Waals surface area contributed by atoms with Crippen LogP contribution in [0.25, 0.3) is 0 Å². The lowest BCUT2D eigenvalue weighted by atomic mass is 10.1. The van der Waals surface area contributed by atoms with Crippen molar-refractivity contribution in [2.24, 2.45) is 5.92 Å². The fourth-order valence-corrected chi connectivity index (χ4v) is 2.31. The minimum absolute atomic E-state index is 0.266. The highest BCUT2D eigenvalue weighted by Crippen LogP contribution is 2.26. The molecule has 0 saturated heterocycles. The zero-order valence-electron chi connectivity index (χ0n) is 10.4. The fraction of sp³-hybridized carbons (Fsp3) is 0.692. The Morgan fingerprint density at radius 2 is 2.06 bits per heavy atom. The molecule has 3 nitrogen and oxygen atoms in total. The zero-order valence-corrected chi connectivity index (χ0v) is 11.2. The van der Waals surface area contributed by atoms with Crippen LogP contribution in [-0.2, 0) is 0 Å². The number of rotatable bonds is 4. The Balaban J connectivity index is 1.99. The summed E-state index contributed by atoms with van der Waals surface area (Å²) in [5, 5.41) is 0.463. The van der Waals surface area contributed by atoms with Crippen LogP contribution in [0.4, 0.5) is 0 Å². The second-order valence-corrected chi connectivity index (χ2v) is 5.39. The molecule has 0 amide bonds. The summed E-state index contributed by atoms with van der Waals surface area (Å²) in [6, 6.07) is 1.70. The van der Waals surface area contributed by atoms with E-state index in [1.54, 1.807) is 6.07 Å². The Morgan fingerprint density at radius 1 is 1.35 bits per heavy atom. The molecule has 0 atom stereocenters. The molecule has 17 heavy (non-hydrogen) atoms. The molecule has 0 N–H and O–H groups in total. The SMILES string of the molecule is CC(C)c1nc(Cl)cc(OCC2CCCC2)n1. The quantitative estimate of drug-likeness (QED) is 0.766. The minimum Gasteiger partial charge on any atom is -0.477 e. The predicted octanol–water partition coefficient (Wildman–Crippen LogP) is 3.82. The van der Waals surface area contributed by atoms with Gasteiger partial charge in [0.05, 0.1) is 6.61 Å². The van der Waals surface area contributed by atoms with Crippen LogP contribution >= 0.6 is 11.6 Å². The van der Waals surface area contributed by atoms with Crippen molar-refractivity contribution in [2.45, 2.75) is 45.4 Å². The van der Waals surface area contributed by atoms with Gasteiger partial charge in [0.15, 0.2) is 0 Å². The summed E-state index contributed by atoms with van der Waals surface area (Å²) in [5.41, 5.74) is 0. The number of nitrogens with zero attached hydrogens (tertiary/aromatic N) is 2. The van der Waals surface area contributed by atoms with Gasteiger partial charge in [0.1, 0.15) is 11.0 Å². The largest absolute Gasteiger partial charge is 0.477 e. The molecule has 94 valence electrons. The molecule has 0 unspecified atom stereocenters. The van der Waals surface area contributed by atoms with E-state index < -0.39 is 0 Å². The van der Waals surface area contributed by atoms with Gasteiger partial charge in [0.2, 0.25) is 5.88 Å². The number of aromatic nitrogens is 2. The third kappa shape index (κ3) is 3.56. The first-order valence-corrected chi connectivity index (χ1v) is 6.70. The highest BCUT2D eigenvalue weighted by molar-refractivity contribution is 6.29. The topological polar surface area (TPSA) is 35.0 Å². The van der Waals surface area contributed by atoms with Crippen molar-refractivity contribution >= 4 is 11.6 Å². The lowest BCUT2D eigenvalue weighted by Gasteiger charge is -2.12. The third-order valence-corrected chi connectivity index (χ3v) is 3.34. The molecule has 1 aliphatic carbocycles. The third-order valence-electron chi connectivity index (χ3n) is 3.15. The van der Waals surface area contributed by atoms with E-state index in [4.69, 9.17) is 16.3 Å². The van der Waals surface area contributed by atoms with Gasteiger partial charge in [-0.15, -0.1) is 0 Å². The number of halogens is 1. The van der Waals surface area contributed by atoms with Crippen LogP contribution in [0.1, 0.15) is 51.3 Å². The van der Waals surface area contributed by atoms with Crippen LogP contribution in [0.2, 0.25) is 5.15 Å². The minimum atomic E-state index is 0.266. The van der Waals surface area contributed by atoms with E-state index in [1.165, 1.54) is 25.7 Å². The van der Waals surface area contributed by atoms with E-state index >= 15 is 0 Å². The summed E-state index contributed by atoms with van der Waals surface area (Å²) in [6.07, 6.45) is 5.21. The Morgan fingerprint density at radius 3 is 2.71 bits per heavy atom. The molecule has 0 aliphatic heterocycles. The van der Waals surface area contributed by atoms with Crippen molar-refractivity contribution in [2.75, 3.05) is 6.61 Å². The van der Waals surface area contributed by atoms with Crippen molar-refractivity contribution in [3.8, 4) is 5.88 Å². The molecule has 1 saturated carbocycles. The van der Waals surface area contributed by atoms with Gasteiger partial charge in [-0.1, -0.05) is 38.3 Å². The molecule has 0 radical (unpaired) electrons. The van der Waals surface area contributed by atoms with Gasteiger partial charge in [-0.25, -0.2) is 4.98 Å². The van der Waals surface area contributed by atoms with E-state index in [-0.39, 0.29) is 5.92 Å². The van der Waals surface area contributed by atoms with Gasteiger partial charge < -0.3 is 4.74 Å². The molecule has 4 heteroatoms. The summed E-state index contributed by atoms with van der Waals surface area (Å²) >= 11 is 5.96. The van der Waals surface area contributed by atoms with Crippen LogP contribution in [0.3, 0.4) is 0 Å². The lowest BCUT2D eigenvalue weighted by molar-refractivity contribution is 0.242. The van der Waals surface area contributed by atoms with E-state index in [9.17, 15) is 0 Å². The second kappa shape index (κ2) is 5.67. The van der Waals surface area contributed by atoms with E-state index in [0.717, 1.165) is 12.4 Å². The molecule has 1 aliphatic rings. The van der Waals surface area contributed by atoms with Crippen molar-refractivity contribution in [1.29, 1.82) is 0 Å². The van der Waals surface area contributed by atoms with Crippen molar-refractivity contribution in [3.05, 3.63) is 17.0 Å². The maximum atomic E-state index is 5.96. The first kappa shape index (κ1) is 12.6. The van der Waals surface area contributed by atoms with Crippen LogP contribution in [0.5, 0.6) is 5.88 Å². The molecular weight excluding hydrogens is 236 g/mol. The van der Waals surface area contributed by atoms with Gasteiger partial charge in [-0.05, 0) is 18.8 Å². The van der Waals surface area contributed by atoms with Crippen molar-refractivity contribution in [3.63, 3.8) is 0 Å². The first-order chi connectivity index (χ1) is 8.15. The monoisotopic (exact) mass is 254 g/mol. The maximum Gasteiger partial charge on any atom is 0.218 e. The van der Waals surface area contributed by atoms with Crippen LogP contribution < -0.4 is 4.74 Å². The maximum absolute atomic E-state index is 5.96. The summed E-state index contributed by atoms with van der Waals surface area (Å²) in [5.74, 6) is 2.31. The van der Waals surface area contributed by atoms with Crippen LogP contribution in [0.15, 0.2) is 6.07 Å². The van der Waals surface area contributed by atoms with Crippen LogP contribution in [-0.4, -0.2) is 16.6 Å². The standard InChI is InChI=1S/C13H19ClN2O/c1-9(2)13-15-11(14)7-12(16-13)17-8-10-5-3-4-6-10/h7,9-10H,3-6,8H2,1-2H3. The van der Waals surface area contributed by atoms with Crippen molar-refractivity contribution in [1.82, 2.24) is 9.97 Å². The van der Waals surface area contributed by atoms with Gasteiger partial charge in [0, 0.05) is 12.0 Å². The second-order valence-electron chi connectivity index (χ2n) is 5.00. The van der Waals surface area contributed by atoms with Gasteiger partial charge in [-0.2, -0.15) is 4.98 Å². The van der Waals surface area contributed by atoms with E-state index in [2.05, 4.69) is 9.97 Å². The number of ether oxygens (including phenoxy) is 1. The average Bonchev–Trinajstić information content (AvgIpc) is 2.78. The smallest absolute Gasteiger partial charge is 0.218 e. The Labute approximate surface area is 108 Å². The first-order valence-electron chi connectivity index (χ1n) is 6.32. The van der Waals surface area contributed by atoms with Crippen LogP contribution in [0, 0.1) is 5.92 Å². The number of hydrogen-bond acceptors (Lipinski definition) is 3. The van der Waals surface area contributed by atoms with E-state index in [0.29, 0.717) is 17.0 Å².